The Bertz CT molecular complexity index is 481. The van der Waals surface area contributed by atoms with Crippen LogP contribution in [-0.2, 0) is 11.2 Å². The third-order valence-corrected chi connectivity index (χ3v) is 3.03. The topological polar surface area (TPSA) is 93.3 Å². The lowest BCUT2D eigenvalue weighted by Gasteiger charge is -2.04. The van der Waals surface area contributed by atoms with E-state index in [9.17, 15) is 23.7 Å². The van der Waals surface area contributed by atoms with Crippen LogP contribution in [0.15, 0.2) is 6.07 Å². The van der Waals surface area contributed by atoms with E-state index in [1.807, 2.05) is 0 Å². The normalized spacial score (nSPS) is 10.6. The van der Waals surface area contributed by atoms with Crippen LogP contribution in [0.2, 0.25) is 0 Å². The Morgan fingerprint density at radius 2 is 2.24 bits per heavy atom. The minimum absolute atomic E-state index is 0.0462. The summed E-state index contributed by atoms with van der Waals surface area (Å²) < 4.78 is 25.0. The largest absolute Gasteiger partial charge is 0.481 e. The number of aromatic nitrogens is 1. The highest BCUT2D eigenvalue weighted by Crippen LogP contribution is 2.28. The van der Waals surface area contributed by atoms with E-state index in [4.69, 9.17) is 5.11 Å². The minimum atomic E-state index is -2.99. The van der Waals surface area contributed by atoms with Crippen LogP contribution in [0.4, 0.5) is 14.6 Å². The van der Waals surface area contributed by atoms with E-state index < -0.39 is 35.3 Å². The molecule has 0 atom stereocenters. The maximum Gasteiger partial charge on any atom is 0.364 e. The monoisotopic (exact) mass is 358 g/mol. The Morgan fingerprint density at radius 1 is 1.65 bits per heavy atom. The summed E-state index contributed by atoms with van der Waals surface area (Å²) >= 11 is 1.50. The fraction of sp³-hybridized carbons (Fsp3) is 0.250. The van der Waals surface area contributed by atoms with Gasteiger partial charge in [-0.1, -0.05) is 0 Å². The molecule has 0 aliphatic heterocycles. The van der Waals surface area contributed by atoms with Gasteiger partial charge in [-0.15, -0.1) is 0 Å². The van der Waals surface area contributed by atoms with Gasteiger partial charge in [-0.05, 0) is 38.1 Å². The van der Waals surface area contributed by atoms with Crippen molar-refractivity contribution in [3.05, 3.63) is 31.0 Å². The second-order valence-corrected chi connectivity index (χ2v) is 4.05. The molecule has 9 heteroatoms. The van der Waals surface area contributed by atoms with E-state index >= 15 is 0 Å². The van der Waals surface area contributed by atoms with Crippen molar-refractivity contribution in [1.82, 2.24) is 4.98 Å². The number of hydrogen-bond acceptors (Lipinski definition) is 4. The summed E-state index contributed by atoms with van der Waals surface area (Å²) in [6.07, 6.45) is -3.56. The lowest BCUT2D eigenvalue weighted by atomic mass is 10.1. The molecule has 1 N–H and O–H groups in total. The highest BCUT2D eigenvalue weighted by molar-refractivity contribution is 14.1. The summed E-state index contributed by atoms with van der Waals surface area (Å²) in [6, 6.07) is 0.891. The number of nitrogens with zero attached hydrogens (tertiary/aromatic N) is 2. The number of aliphatic carboxylic acids is 1. The average Bonchev–Trinajstić information content (AvgIpc) is 2.19. The van der Waals surface area contributed by atoms with Crippen LogP contribution in [0.3, 0.4) is 0 Å². The summed E-state index contributed by atoms with van der Waals surface area (Å²) in [5.74, 6) is -2.04. The number of halogens is 3. The zero-order valence-corrected chi connectivity index (χ0v) is 10.2. The lowest BCUT2D eigenvalue weighted by molar-refractivity contribution is -0.389. The van der Waals surface area contributed by atoms with Crippen LogP contribution in [-0.4, -0.2) is 21.0 Å². The van der Waals surface area contributed by atoms with E-state index in [-0.39, 0.29) is 9.13 Å². The molecule has 92 valence electrons. The Balaban J connectivity index is 3.37. The van der Waals surface area contributed by atoms with Crippen molar-refractivity contribution in [2.45, 2.75) is 12.8 Å². The molecule has 1 aromatic heterocycles. The molecule has 6 nitrogen and oxygen atoms in total. The molecule has 0 aromatic carbocycles. The standard InChI is InChI=1S/C8H5F2IN2O4/c9-8(10)7-6(11)3(2-5(14)15)1-4(12-7)13(16)17/h1,8H,2H2,(H,14,15). The average molecular weight is 358 g/mol. The van der Waals surface area contributed by atoms with Crippen molar-refractivity contribution in [2.24, 2.45) is 0 Å². The second-order valence-electron chi connectivity index (χ2n) is 2.97. The summed E-state index contributed by atoms with van der Waals surface area (Å²) in [6.45, 7) is 0. The molecule has 0 spiro atoms. The highest BCUT2D eigenvalue weighted by Gasteiger charge is 2.26. The van der Waals surface area contributed by atoms with Crippen LogP contribution < -0.4 is 0 Å². The molecule has 17 heavy (non-hydrogen) atoms. The Hall–Kier alpha value is -1.39. The number of nitro groups is 1. The fourth-order valence-corrected chi connectivity index (χ4v) is 1.82. The molecule has 0 amide bonds. The van der Waals surface area contributed by atoms with Gasteiger partial charge in [0, 0.05) is 6.07 Å². The molecule has 0 bridgehead atoms. The number of carboxylic acid groups (broad SMARTS) is 1. The van der Waals surface area contributed by atoms with Crippen molar-refractivity contribution >= 4 is 34.4 Å². The first-order valence-corrected chi connectivity index (χ1v) is 5.24. The molecule has 0 unspecified atom stereocenters. The summed E-state index contributed by atoms with van der Waals surface area (Å²) in [7, 11) is 0. The molecular formula is C8H5F2IN2O4. The van der Waals surface area contributed by atoms with Crippen molar-refractivity contribution in [1.29, 1.82) is 0 Å². The Kier molecular flexibility index (Phi) is 4.26. The maximum absolute atomic E-state index is 12.6. The summed E-state index contributed by atoms with van der Waals surface area (Å²) in [5.41, 5.74) is -0.814. The molecule has 0 saturated carbocycles. The van der Waals surface area contributed by atoms with Gasteiger partial charge in [0.25, 0.3) is 0 Å². The quantitative estimate of drug-likeness (QED) is 0.506. The number of carboxylic acids is 1. The molecular weight excluding hydrogens is 353 g/mol. The smallest absolute Gasteiger partial charge is 0.364 e. The fourth-order valence-electron chi connectivity index (χ4n) is 1.12. The van der Waals surface area contributed by atoms with Gasteiger partial charge in [0.2, 0.25) is 5.69 Å². The van der Waals surface area contributed by atoms with Crippen LogP contribution >= 0.6 is 22.6 Å². The zero-order chi connectivity index (χ0) is 13.2. The number of alkyl halides is 2. The van der Waals surface area contributed by atoms with Crippen LogP contribution in [0, 0.1) is 13.7 Å². The van der Waals surface area contributed by atoms with Gasteiger partial charge in [0.1, 0.15) is 0 Å². The lowest BCUT2D eigenvalue weighted by Crippen LogP contribution is -2.08. The van der Waals surface area contributed by atoms with Gasteiger partial charge in [-0.3, -0.25) is 4.79 Å². The van der Waals surface area contributed by atoms with E-state index in [0.29, 0.717) is 0 Å². The van der Waals surface area contributed by atoms with Crippen molar-refractivity contribution < 1.29 is 23.6 Å². The highest BCUT2D eigenvalue weighted by atomic mass is 127. The number of rotatable bonds is 4. The molecule has 0 aliphatic carbocycles. The van der Waals surface area contributed by atoms with Crippen LogP contribution in [0.1, 0.15) is 17.7 Å². The Morgan fingerprint density at radius 3 is 2.65 bits per heavy atom. The molecule has 0 radical (unpaired) electrons. The minimum Gasteiger partial charge on any atom is -0.481 e. The molecule has 1 heterocycles. The van der Waals surface area contributed by atoms with E-state index in [1.165, 1.54) is 22.6 Å². The summed E-state index contributed by atoms with van der Waals surface area (Å²) in [4.78, 5) is 23.2. The van der Waals surface area contributed by atoms with E-state index in [1.54, 1.807) is 0 Å². The van der Waals surface area contributed by atoms with Gasteiger partial charge in [-0.2, -0.15) is 0 Å². The van der Waals surface area contributed by atoms with Crippen LogP contribution in [0.25, 0.3) is 0 Å². The third kappa shape index (κ3) is 3.28. The zero-order valence-electron chi connectivity index (χ0n) is 8.06. The number of pyridine rings is 1. The predicted octanol–water partition coefficient (Wildman–Crippen LogP) is 2.16. The second kappa shape index (κ2) is 5.29. The van der Waals surface area contributed by atoms with Gasteiger partial charge >= 0.3 is 18.2 Å². The van der Waals surface area contributed by atoms with E-state index in [0.717, 1.165) is 6.07 Å². The number of carbonyl (C=O) groups is 1. The Labute approximate surface area is 107 Å². The van der Waals surface area contributed by atoms with E-state index in [2.05, 4.69) is 4.98 Å². The first-order chi connectivity index (χ1) is 7.82. The van der Waals surface area contributed by atoms with Crippen molar-refractivity contribution in [2.75, 3.05) is 0 Å². The van der Waals surface area contributed by atoms with Gasteiger partial charge in [0.05, 0.1) is 9.99 Å². The van der Waals surface area contributed by atoms with Crippen molar-refractivity contribution in [3.8, 4) is 0 Å². The summed E-state index contributed by atoms with van der Waals surface area (Å²) in [5, 5.41) is 19.0. The SMILES string of the molecule is O=C(O)Cc1cc([N+](=O)[O-])nc(C(F)F)c1I. The maximum atomic E-state index is 12.6. The third-order valence-electron chi connectivity index (χ3n) is 1.78. The number of hydrogen-bond donors (Lipinski definition) is 1. The predicted molar refractivity (Wildman–Crippen MR) is 59.9 cm³/mol. The van der Waals surface area contributed by atoms with Gasteiger partial charge in [-0.25, -0.2) is 8.78 Å². The van der Waals surface area contributed by atoms with Gasteiger partial charge < -0.3 is 15.2 Å². The van der Waals surface area contributed by atoms with Crippen LogP contribution in [0.5, 0.6) is 0 Å². The molecule has 0 saturated heterocycles. The molecule has 0 aliphatic rings. The van der Waals surface area contributed by atoms with Gasteiger partial charge in [0.15, 0.2) is 0 Å². The first kappa shape index (κ1) is 13.7. The molecule has 1 aromatic rings. The van der Waals surface area contributed by atoms with Crippen molar-refractivity contribution in [3.63, 3.8) is 0 Å². The first-order valence-electron chi connectivity index (χ1n) is 4.16. The molecule has 0 fully saturated rings. The molecule has 1 rings (SSSR count).